The van der Waals surface area contributed by atoms with E-state index in [0.29, 0.717) is 25.3 Å². The van der Waals surface area contributed by atoms with E-state index in [1.165, 1.54) is 0 Å². The molecule has 1 aromatic rings. The van der Waals surface area contributed by atoms with Crippen LogP contribution in [0.25, 0.3) is 0 Å². The number of carbonyl (C=O) groups excluding carboxylic acids is 1. The molecule has 16 heavy (non-hydrogen) atoms. The molecule has 1 aromatic heterocycles. The minimum Gasteiger partial charge on any atom is -0.468 e. The molecule has 7 heteroatoms. The molecular weight excluding hydrogens is 230 g/mol. The number of ether oxygens (including phenoxy) is 1. The van der Waals surface area contributed by atoms with Crippen LogP contribution >= 0.6 is 0 Å². The smallest absolute Gasteiger partial charge is 0.419 e. The van der Waals surface area contributed by atoms with Crippen molar-refractivity contribution in [1.82, 2.24) is 4.98 Å². The Hall–Kier alpha value is -1.66. The first-order valence-electron chi connectivity index (χ1n) is 4.15. The molecule has 0 aliphatic carbocycles. The van der Waals surface area contributed by atoms with Crippen molar-refractivity contribution in [3.63, 3.8) is 0 Å². The molecule has 0 N–H and O–H groups in total. The Morgan fingerprint density at radius 3 is 2.38 bits per heavy atom. The first-order valence-corrected chi connectivity index (χ1v) is 4.15. The van der Waals surface area contributed by atoms with Gasteiger partial charge in [0.05, 0.1) is 18.4 Å². The number of hydrogen-bond acceptors (Lipinski definition) is 3. The maximum Gasteiger partial charge on any atom is 0.419 e. The summed E-state index contributed by atoms with van der Waals surface area (Å²) in [6.07, 6.45) is -3.21. The van der Waals surface area contributed by atoms with Crippen LogP contribution in [0.1, 0.15) is 12.5 Å². The number of aromatic nitrogens is 1. The summed E-state index contributed by atoms with van der Waals surface area (Å²) in [5.74, 6) is -1.35. The van der Waals surface area contributed by atoms with E-state index in [4.69, 9.17) is 0 Å². The van der Waals surface area contributed by atoms with Gasteiger partial charge in [-0.1, -0.05) is 0 Å². The third-order valence-corrected chi connectivity index (χ3v) is 1.31. The van der Waals surface area contributed by atoms with Gasteiger partial charge in [-0.05, 0) is 13.0 Å². The van der Waals surface area contributed by atoms with Crippen LogP contribution in [-0.4, -0.2) is 18.1 Å². The Balaban J connectivity index is 0.000000385. The van der Waals surface area contributed by atoms with Gasteiger partial charge in [0, 0.05) is 6.20 Å². The molecule has 1 heterocycles. The summed E-state index contributed by atoms with van der Waals surface area (Å²) in [5.41, 5.74) is -1.28. The Labute approximate surface area is 89.1 Å². The van der Waals surface area contributed by atoms with Gasteiger partial charge in [-0.2, -0.15) is 13.2 Å². The largest absolute Gasteiger partial charge is 0.468 e. The number of rotatable bonds is 2. The second-order valence-electron chi connectivity index (χ2n) is 2.40. The van der Waals surface area contributed by atoms with Gasteiger partial charge in [-0.25, -0.2) is 4.39 Å². The minimum absolute atomic E-state index is 0.431. The molecule has 0 spiro atoms. The average Bonchev–Trinajstić information content (AvgIpc) is 2.19. The zero-order valence-corrected chi connectivity index (χ0v) is 8.29. The van der Waals surface area contributed by atoms with Crippen LogP contribution in [0.3, 0.4) is 0 Å². The van der Waals surface area contributed by atoms with Crippen LogP contribution in [0.5, 0.6) is 0 Å². The fourth-order valence-corrected chi connectivity index (χ4v) is 0.673. The molecule has 0 saturated carbocycles. The molecule has 0 unspecified atom stereocenters. The molecule has 0 amide bonds. The monoisotopic (exact) mass is 239 g/mol. The normalized spacial score (nSPS) is 10.1. The quantitative estimate of drug-likeness (QED) is 0.587. The molecule has 0 atom stereocenters. The number of nitrogens with zero attached hydrogens (tertiary/aromatic N) is 1. The molecule has 0 fully saturated rings. The summed E-state index contributed by atoms with van der Waals surface area (Å²) in [7, 11) is 0. The van der Waals surface area contributed by atoms with Crippen molar-refractivity contribution in [3.8, 4) is 0 Å². The van der Waals surface area contributed by atoms with E-state index in [1.54, 1.807) is 6.92 Å². The van der Waals surface area contributed by atoms with Crippen molar-refractivity contribution in [3.05, 3.63) is 29.8 Å². The molecule has 0 aromatic carbocycles. The van der Waals surface area contributed by atoms with Crippen molar-refractivity contribution in [2.45, 2.75) is 13.1 Å². The third-order valence-electron chi connectivity index (χ3n) is 1.31. The van der Waals surface area contributed by atoms with Crippen molar-refractivity contribution in [2.24, 2.45) is 0 Å². The fraction of sp³-hybridized carbons (Fsp3) is 0.333. The maximum atomic E-state index is 12.3. The van der Waals surface area contributed by atoms with Crippen molar-refractivity contribution >= 4 is 6.47 Å². The zero-order valence-electron chi connectivity index (χ0n) is 8.29. The highest BCUT2D eigenvalue weighted by Gasteiger charge is 2.33. The van der Waals surface area contributed by atoms with Crippen LogP contribution < -0.4 is 0 Å². The fourth-order valence-electron chi connectivity index (χ4n) is 0.673. The predicted octanol–water partition coefficient (Wildman–Crippen LogP) is 2.42. The lowest BCUT2D eigenvalue weighted by Crippen LogP contribution is -2.07. The lowest BCUT2D eigenvalue weighted by atomic mass is 10.2. The molecule has 1 rings (SSSR count). The average molecular weight is 239 g/mol. The summed E-state index contributed by atoms with van der Waals surface area (Å²) >= 11 is 0. The molecule has 3 nitrogen and oxygen atoms in total. The maximum absolute atomic E-state index is 12.3. The summed E-state index contributed by atoms with van der Waals surface area (Å²) in [4.78, 5) is 12.4. The van der Waals surface area contributed by atoms with E-state index in [9.17, 15) is 22.4 Å². The molecule has 0 radical (unpaired) electrons. The van der Waals surface area contributed by atoms with Crippen molar-refractivity contribution < 1.29 is 27.1 Å². The second-order valence-corrected chi connectivity index (χ2v) is 2.40. The van der Waals surface area contributed by atoms with Gasteiger partial charge in [0.15, 0.2) is 5.82 Å². The Kier molecular flexibility index (Phi) is 6.06. The minimum atomic E-state index is -4.63. The molecule has 0 aliphatic rings. The van der Waals surface area contributed by atoms with E-state index in [1.807, 2.05) is 0 Å². The molecule has 0 aliphatic heterocycles. The summed E-state index contributed by atoms with van der Waals surface area (Å²) in [5, 5.41) is 0. The van der Waals surface area contributed by atoms with E-state index < -0.39 is 17.6 Å². The summed E-state index contributed by atoms with van der Waals surface area (Å²) in [6.45, 7) is 2.66. The van der Waals surface area contributed by atoms with Crippen molar-refractivity contribution in [1.29, 1.82) is 0 Å². The highest BCUT2D eigenvalue weighted by atomic mass is 19.4. The highest BCUT2D eigenvalue weighted by Crippen LogP contribution is 2.30. The molecular formula is C9H9F4NO2. The lowest BCUT2D eigenvalue weighted by Gasteiger charge is -2.05. The van der Waals surface area contributed by atoms with Crippen LogP contribution in [-0.2, 0) is 15.7 Å². The number of hydrogen-bond donors (Lipinski definition) is 0. The summed E-state index contributed by atoms with van der Waals surface area (Å²) in [6, 6.07) is 0.593. The Morgan fingerprint density at radius 2 is 2.12 bits per heavy atom. The zero-order chi connectivity index (χ0) is 12.6. The van der Waals surface area contributed by atoms with Gasteiger partial charge < -0.3 is 4.74 Å². The van der Waals surface area contributed by atoms with Gasteiger partial charge in [-0.15, -0.1) is 0 Å². The number of pyridine rings is 1. The second kappa shape index (κ2) is 6.76. The SMILES string of the molecule is CCOC=O.Fc1cnccc1C(F)(F)F. The van der Waals surface area contributed by atoms with Gasteiger partial charge in [0.1, 0.15) is 0 Å². The molecule has 0 bridgehead atoms. The first-order chi connectivity index (χ1) is 7.43. The highest BCUT2D eigenvalue weighted by molar-refractivity contribution is 5.36. The Morgan fingerprint density at radius 1 is 1.50 bits per heavy atom. The number of halogens is 4. The molecule has 90 valence electrons. The van der Waals surface area contributed by atoms with E-state index >= 15 is 0 Å². The van der Waals surface area contributed by atoms with Gasteiger partial charge in [-0.3, -0.25) is 9.78 Å². The third kappa shape index (κ3) is 5.28. The standard InChI is InChI=1S/C6H3F4N.C3H6O2/c7-5-3-11-2-1-4(5)6(8,9)10;1-2-5-3-4/h1-3H;3H,2H2,1H3. The predicted molar refractivity (Wildman–Crippen MR) is 46.9 cm³/mol. The van der Waals surface area contributed by atoms with E-state index in [0.717, 1.165) is 6.20 Å². The van der Waals surface area contributed by atoms with Gasteiger partial charge in [0.25, 0.3) is 6.47 Å². The molecule has 0 saturated heterocycles. The van der Waals surface area contributed by atoms with E-state index in [2.05, 4.69) is 9.72 Å². The van der Waals surface area contributed by atoms with Crippen molar-refractivity contribution in [2.75, 3.05) is 6.61 Å². The van der Waals surface area contributed by atoms with Gasteiger partial charge >= 0.3 is 6.18 Å². The van der Waals surface area contributed by atoms with Gasteiger partial charge in [0.2, 0.25) is 0 Å². The van der Waals surface area contributed by atoms with Crippen LogP contribution in [0.4, 0.5) is 17.6 Å². The first kappa shape index (κ1) is 14.3. The topological polar surface area (TPSA) is 39.2 Å². The number of carbonyl (C=O) groups is 1. The van der Waals surface area contributed by atoms with E-state index in [-0.39, 0.29) is 0 Å². The van der Waals surface area contributed by atoms with Crippen LogP contribution in [0.2, 0.25) is 0 Å². The van der Waals surface area contributed by atoms with Crippen LogP contribution in [0, 0.1) is 5.82 Å². The Bertz CT molecular complexity index is 328. The number of alkyl halides is 3. The lowest BCUT2D eigenvalue weighted by molar-refractivity contribution is -0.140. The van der Waals surface area contributed by atoms with Crippen LogP contribution in [0.15, 0.2) is 18.5 Å². The summed E-state index contributed by atoms with van der Waals surface area (Å²) < 4.78 is 51.8.